The Balaban J connectivity index is 1.59. The van der Waals surface area contributed by atoms with Crippen molar-refractivity contribution in [3.63, 3.8) is 0 Å². The van der Waals surface area contributed by atoms with Gasteiger partial charge in [-0.15, -0.1) is 0 Å². The lowest BCUT2D eigenvalue weighted by molar-refractivity contribution is 0.0232. The number of benzene rings is 1. The Kier molecular flexibility index (Phi) is 9.60. The minimum absolute atomic E-state index is 0.118. The number of aliphatic hydroxyl groups is 2. The van der Waals surface area contributed by atoms with E-state index in [0.29, 0.717) is 22.8 Å². The van der Waals surface area contributed by atoms with Crippen LogP contribution in [0.4, 0.5) is 0 Å². The van der Waals surface area contributed by atoms with Crippen molar-refractivity contribution in [3.8, 4) is 5.75 Å². The molecule has 0 spiro atoms. The second-order valence-electron chi connectivity index (χ2n) is 9.37. The maximum absolute atomic E-state index is 11.1. The van der Waals surface area contributed by atoms with Gasteiger partial charge in [-0.25, -0.2) is 0 Å². The summed E-state index contributed by atoms with van der Waals surface area (Å²) in [6.45, 7) is 5.64. The molecule has 2 heterocycles. The molecule has 3 rings (SSSR count). The van der Waals surface area contributed by atoms with Crippen molar-refractivity contribution >= 4 is 22.5 Å². The third kappa shape index (κ3) is 6.34. The number of aliphatic hydroxyl groups excluding tert-OH is 2. The summed E-state index contributed by atoms with van der Waals surface area (Å²) < 4.78 is 5.35. The van der Waals surface area contributed by atoms with Crippen molar-refractivity contribution in [3.05, 3.63) is 35.0 Å². The number of halogens is 1. The molecule has 178 valence electrons. The van der Waals surface area contributed by atoms with Crippen LogP contribution in [0.2, 0.25) is 5.02 Å². The molecule has 1 unspecified atom stereocenters. The monoisotopic (exact) mass is 462 g/mol. The minimum Gasteiger partial charge on any atom is -0.497 e. The van der Waals surface area contributed by atoms with Gasteiger partial charge in [0.05, 0.1) is 23.8 Å². The molecule has 0 amide bonds. The van der Waals surface area contributed by atoms with E-state index in [1.54, 1.807) is 13.3 Å². The number of fused-ring (bicyclic) bond motifs is 1. The Hall–Kier alpha value is -1.40. The fraction of sp³-hybridized carbons (Fsp3) is 0.654. The van der Waals surface area contributed by atoms with Crippen molar-refractivity contribution in [2.75, 3.05) is 33.4 Å². The first kappa shape index (κ1) is 25.2. The fourth-order valence-electron chi connectivity index (χ4n) is 4.90. The lowest BCUT2D eigenvalue weighted by Crippen LogP contribution is -2.42. The molecule has 1 aliphatic rings. The SMILES string of the molecule is CCCCCCCN1CCC(CO)(CCC(O)c2c(Cl)cnc3ccc(OC)cc23)CC1. The Bertz CT molecular complexity index is 852. The summed E-state index contributed by atoms with van der Waals surface area (Å²) in [7, 11) is 1.62. The van der Waals surface area contributed by atoms with Crippen LogP contribution in [-0.2, 0) is 0 Å². The van der Waals surface area contributed by atoms with E-state index in [1.807, 2.05) is 18.2 Å². The topological polar surface area (TPSA) is 65.8 Å². The highest BCUT2D eigenvalue weighted by Crippen LogP contribution is 2.40. The van der Waals surface area contributed by atoms with Crippen LogP contribution in [-0.4, -0.2) is 53.4 Å². The summed E-state index contributed by atoms with van der Waals surface area (Å²) in [6.07, 6.45) is 10.7. The number of unbranched alkanes of at least 4 members (excludes halogenated alkanes) is 4. The van der Waals surface area contributed by atoms with E-state index in [2.05, 4.69) is 16.8 Å². The van der Waals surface area contributed by atoms with E-state index in [4.69, 9.17) is 16.3 Å². The fourth-order valence-corrected chi connectivity index (χ4v) is 5.17. The molecule has 1 fully saturated rings. The normalized spacial score (nSPS) is 17.5. The van der Waals surface area contributed by atoms with Crippen LogP contribution in [0.25, 0.3) is 10.9 Å². The third-order valence-corrected chi connectivity index (χ3v) is 7.48. The number of likely N-dealkylation sites (tertiary alicyclic amines) is 1. The number of piperidine rings is 1. The molecule has 5 nitrogen and oxygen atoms in total. The molecular weight excluding hydrogens is 424 g/mol. The van der Waals surface area contributed by atoms with Gasteiger partial charge in [-0.3, -0.25) is 4.98 Å². The second kappa shape index (κ2) is 12.2. The van der Waals surface area contributed by atoms with Gasteiger partial charge in [0, 0.05) is 23.8 Å². The minimum atomic E-state index is -0.708. The number of nitrogens with zero attached hydrogens (tertiary/aromatic N) is 2. The van der Waals surface area contributed by atoms with Crippen LogP contribution < -0.4 is 4.74 Å². The van der Waals surface area contributed by atoms with Gasteiger partial charge in [0.15, 0.2) is 0 Å². The molecule has 32 heavy (non-hydrogen) atoms. The summed E-state index contributed by atoms with van der Waals surface area (Å²) in [6, 6.07) is 5.62. The summed E-state index contributed by atoms with van der Waals surface area (Å²) in [5, 5.41) is 22.6. The van der Waals surface area contributed by atoms with E-state index in [-0.39, 0.29) is 12.0 Å². The van der Waals surface area contributed by atoms with Crippen molar-refractivity contribution < 1.29 is 14.9 Å². The maximum atomic E-state index is 11.1. The zero-order valence-electron chi connectivity index (χ0n) is 19.7. The van der Waals surface area contributed by atoms with Gasteiger partial charge in [0.25, 0.3) is 0 Å². The highest BCUT2D eigenvalue weighted by Gasteiger charge is 2.34. The van der Waals surface area contributed by atoms with Crippen molar-refractivity contribution in [2.45, 2.75) is 70.8 Å². The van der Waals surface area contributed by atoms with Crippen LogP contribution in [0.1, 0.15) is 76.4 Å². The van der Waals surface area contributed by atoms with E-state index < -0.39 is 6.10 Å². The predicted octanol–water partition coefficient (Wildman–Crippen LogP) is 5.76. The summed E-state index contributed by atoms with van der Waals surface area (Å²) in [5.74, 6) is 0.712. The Labute approximate surface area is 197 Å². The zero-order valence-corrected chi connectivity index (χ0v) is 20.4. The van der Waals surface area contributed by atoms with Gasteiger partial charge in [-0.05, 0) is 75.4 Å². The van der Waals surface area contributed by atoms with Crippen LogP contribution in [0, 0.1) is 5.41 Å². The van der Waals surface area contributed by atoms with Gasteiger partial charge < -0.3 is 19.8 Å². The van der Waals surface area contributed by atoms with Gasteiger partial charge in [-0.1, -0.05) is 44.2 Å². The van der Waals surface area contributed by atoms with Crippen molar-refractivity contribution in [1.29, 1.82) is 0 Å². The first-order valence-electron chi connectivity index (χ1n) is 12.2. The van der Waals surface area contributed by atoms with E-state index in [0.717, 1.165) is 49.8 Å². The highest BCUT2D eigenvalue weighted by atomic mass is 35.5. The van der Waals surface area contributed by atoms with Gasteiger partial charge in [-0.2, -0.15) is 0 Å². The first-order chi connectivity index (χ1) is 15.5. The first-order valence-corrected chi connectivity index (χ1v) is 12.5. The number of aromatic nitrogens is 1. The van der Waals surface area contributed by atoms with Crippen LogP contribution in [0.15, 0.2) is 24.4 Å². The summed E-state index contributed by atoms with van der Waals surface area (Å²) in [5.41, 5.74) is 1.37. The van der Waals surface area contributed by atoms with Gasteiger partial charge in [0.2, 0.25) is 0 Å². The predicted molar refractivity (Wildman–Crippen MR) is 131 cm³/mol. The largest absolute Gasteiger partial charge is 0.497 e. The second-order valence-corrected chi connectivity index (χ2v) is 9.78. The molecular formula is C26H39ClN2O3. The molecule has 0 radical (unpaired) electrons. The van der Waals surface area contributed by atoms with Crippen LogP contribution >= 0.6 is 11.6 Å². The number of hydrogen-bond acceptors (Lipinski definition) is 5. The molecule has 1 aromatic heterocycles. The quantitative estimate of drug-likeness (QED) is 0.393. The smallest absolute Gasteiger partial charge is 0.119 e. The summed E-state index contributed by atoms with van der Waals surface area (Å²) in [4.78, 5) is 6.92. The van der Waals surface area contributed by atoms with Crippen molar-refractivity contribution in [2.24, 2.45) is 5.41 Å². The molecule has 0 bridgehead atoms. The number of hydrogen-bond donors (Lipinski definition) is 2. The number of pyridine rings is 1. The molecule has 1 saturated heterocycles. The molecule has 2 aromatic rings. The number of rotatable bonds is 12. The lowest BCUT2D eigenvalue weighted by Gasteiger charge is -2.41. The van der Waals surface area contributed by atoms with Crippen LogP contribution in [0.5, 0.6) is 5.75 Å². The average molecular weight is 463 g/mol. The standard InChI is InChI=1S/C26H39ClN2O3/c1-3-4-5-6-7-14-29-15-12-26(19-30,13-16-29)11-10-24(31)25-21-17-20(32-2)8-9-23(21)28-18-22(25)27/h8-9,17-18,24,30-31H,3-7,10-16,19H2,1-2H3. The Morgan fingerprint density at radius 2 is 1.94 bits per heavy atom. The summed E-state index contributed by atoms with van der Waals surface area (Å²) >= 11 is 6.46. The molecule has 1 aromatic carbocycles. The number of methoxy groups -OCH3 is 1. The Morgan fingerprint density at radius 3 is 2.62 bits per heavy atom. The third-order valence-electron chi connectivity index (χ3n) is 7.18. The van der Waals surface area contributed by atoms with E-state index in [9.17, 15) is 10.2 Å². The average Bonchev–Trinajstić information content (AvgIpc) is 2.82. The van der Waals surface area contributed by atoms with E-state index in [1.165, 1.54) is 32.1 Å². The number of ether oxygens (including phenoxy) is 1. The molecule has 1 aliphatic heterocycles. The molecule has 0 saturated carbocycles. The highest BCUT2D eigenvalue weighted by molar-refractivity contribution is 6.32. The lowest BCUT2D eigenvalue weighted by atomic mass is 9.74. The molecule has 1 atom stereocenters. The maximum Gasteiger partial charge on any atom is 0.119 e. The van der Waals surface area contributed by atoms with Crippen molar-refractivity contribution in [1.82, 2.24) is 9.88 Å². The van der Waals surface area contributed by atoms with E-state index >= 15 is 0 Å². The van der Waals surface area contributed by atoms with Crippen LogP contribution in [0.3, 0.4) is 0 Å². The molecule has 6 heteroatoms. The van der Waals surface area contributed by atoms with Gasteiger partial charge in [0.1, 0.15) is 5.75 Å². The molecule has 2 N–H and O–H groups in total. The zero-order chi connectivity index (χ0) is 23.0. The van der Waals surface area contributed by atoms with Gasteiger partial charge >= 0.3 is 0 Å². The molecule has 0 aliphatic carbocycles. The Morgan fingerprint density at radius 1 is 1.19 bits per heavy atom.